The Kier molecular flexibility index (Phi) is 4.31. The number of benzene rings is 1. The molecule has 5 rings (SSSR count). The number of H-pyrrole nitrogens is 1. The zero-order valence-electron chi connectivity index (χ0n) is 17.7. The molecule has 9 heteroatoms. The van der Waals surface area contributed by atoms with Crippen molar-refractivity contribution in [3.63, 3.8) is 0 Å². The van der Waals surface area contributed by atoms with Gasteiger partial charge in [0.15, 0.2) is 5.69 Å². The van der Waals surface area contributed by atoms with Crippen LogP contribution in [0.25, 0.3) is 11.3 Å². The predicted octanol–water partition coefficient (Wildman–Crippen LogP) is 3.50. The first-order valence-electron chi connectivity index (χ1n) is 10.2. The molecule has 2 atom stereocenters. The van der Waals surface area contributed by atoms with Crippen LogP contribution in [0.2, 0.25) is 0 Å². The Balaban J connectivity index is 1.77. The fraction of sp³-hybridized carbons (Fsp3) is 0.348. The molecule has 2 aliphatic carbocycles. The summed E-state index contributed by atoms with van der Waals surface area (Å²) < 4.78 is 33.7. The Labute approximate surface area is 181 Å². The third kappa shape index (κ3) is 2.47. The van der Waals surface area contributed by atoms with E-state index in [0.29, 0.717) is 17.7 Å². The monoisotopic (exact) mass is 438 g/mol. The summed E-state index contributed by atoms with van der Waals surface area (Å²) in [5.74, 6) is -2.12. The van der Waals surface area contributed by atoms with Crippen molar-refractivity contribution in [1.82, 2.24) is 20.4 Å². The van der Waals surface area contributed by atoms with E-state index in [-0.39, 0.29) is 22.9 Å². The Hall–Kier alpha value is -3.49. The van der Waals surface area contributed by atoms with Gasteiger partial charge in [-0.1, -0.05) is 19.9 Å². The molecule has 0 aliphatic heterocycles. The molecule has 1 fully saturated rings. The van der Waals surface area contributed by atoms with E-state index in [1.54, 1.807) is 6.07 Å². The fourth-order valence-corrected chi connectivity index (χ4v) is 5.77. The lowest BCUT2D eigenvalue weighted by molar-refractivity contribution is 0.0587. The highest BCUT2D eigenvalue weighted by Crippen LogP contribution is 2.69. The average molecular weight is 438 g/mol. The number of esters is 1. The number of hydrogen-bond acceptors (Lipinski definition) is 6. The van der Waals surface area contributed by atoms with Crippen LogP contribution in [-0.4, -0.2) is 33.5 Å². The van der Waals surface area contributed by atoms with Crippen molar-refractivity contribution in [3.8, 4) is 11.3 Å². The first kappa shape index (κ1) is 20.4. The van der Waals surface area contributed by atoms with Gasteiger partial charge in [-0.3, -0.25) is 4.79 Å². The summed E-state index contributed by atoms with van der Waals surface area (Å²) >= 11 is 0. The molecule has 164 valence electrons. The van der Waals surface area contributed by atoms with Gasteiger partial charge in [-0.2, -0.15) is 10.2 Å². The normalized spacial score (nSPS) is 22.6. The van der Waals surface area contributed by atoms with E-state index in [2.05, 4.69) is 20.4 Å². The van der Waals surface area contributed by atoms with Crippen LogP contribution < -0.4 is 5.56 Å². The number of nitrogens with zero attached hydrogens (tertiary/aromatic N) is 3. The molecule has 0 unspecified atom stereocenters. The standard InChI is InChI=1S/C23H20F2N4O3/c1-22(2)12-7-8-23(22,13-10-17(30)27-28-19(13)21(31)32-3)20-11(12)9-16(26-29-20)18-14(24)5-4-6-15(18)25/h4-6,9-10,12H,7-8H2,1-3H3,(H,27,30)/t12-,23-/m0/s1. The number of carbonyl (C=O) groups excluding carboxylic acids is 1. The number of aromatic nitrogens is 4. The summed E-state index contributed by atoms with van der Waals surface area (Å²) in [6, 6.07) is 6.69. The van der Waals surface area contributed by atoms with Crippen LogP contribution in [0.4, 0.5) is 8.78 Å². The Morgan fingerprint density at radius 1 is 1.19 bits per heavy atom. The van der Waals surface area contributed by atoms with Gasteiger partial charge in [-0.05, 0) is 47.9 Å². The van der Waals surface area contributed by atoms with Gasteiger partial charge in [0, 0.05) is 17.0 Å². The van der Waals surface area contributed by atoms with Gasteiger partial charge in [-0.15, -0.1) is 5.10 Å². The highest BCUT2D eigenvalue weighted by atomic mass is 19.1. The van der Waals surface area contributed by atoms with Crippen LogP contribution in [0, 0.1) is 17.0 Å². The van der Waals surface area contributed by atoms with Crippen molar-refractivity contribution in [2.24, 2.45) is 5.41 Å². The molecule has 1 aromatic carbocycles. The van der Waals surface area contributed by atoms with Gasteiger partial charge in [0.25, 0.3) is 5.56 Å². The number of hydrogen-bond donors (Lipinski definition) is 1. The summed E-state index contributed by atoms with van der Waals surface area (Å²) in [5, 5.41) is 14.9. The molecule has 7 nitrogen and oxygen atoms in total. The van der Waals surface area contributed by atoms with E-state index < -0.39 is 34.0 Å². The molecule has 0 saturated heterocycles. The smallest absolute Gasteiger partial charge is 0.358 e. The highest BCUT2D eigenvalue weighted by molar-refractivity contribution is 5.89. The zero-order valence-corrected chi connectivity index (χ0v) is 17.7. The van der Waals surface area contributed by atoms with Crippen LogP contribution in [0.3, 0.4) is 0 Å². The zero-order chi connectivity index (χ0) is 22.8. The Bertz CT molecular complexity index is 1320. The number of rotatable bonds is 3. The van der Waals surface area contributed by atoms with Gasteiger partial charge < -0.3 is 4.74 Å². The average Bonchev–Trinajstić information content (AvgIpc) is 3.14. The van der Waals surface area contributed by atoms with Crippen molar-refractivity contribution in [1.29, 1.82) is 0 Å². The molecule has 2 bridgehead atoms. The number of carbonyl (C=O) groups is 1. The van der Waals surface area contributed by atoms with Crippen LogP contribution in [-0.2, 0) is 10.2 Å². The molecule has 2 aromatic heterocycles. The predicted molar refractivity (Wildman–Crippen MR) is 110 cm³/mol. The molecular formula is C23H20F2N4O3. The first-order chi connectivity index (χ1) is 15.2. The van der Waals surface area contributed by atoms with Gasteiger partial charge >= 0.3 is 5.97 Å². The SMILES string of the molecule is COC(=O)c1n[nH]c(=O)cc1[C@@]12CC[C@@H](c3cc(-c4c(F)cccc4F)nnc31)C2(C)C. The maximum absolute atomic E-state index is 14.4. The second-order valence-electron chi connectivity index (χ2n) is 8.83. The van der Waals surface area contributed by atoms with Gasteiger partial charge in [0.05, 0.1) is 24.1 Å². The molecule has 1 N–H and O–H groups in total. The number of halogens is 2. The van der Waals surface area contributed by atoms with E-state index in [9.17, 15) is 18.4 Å². The lowest BCUT2D eigenvalue weighted by Gasteiger charge is -2.38. The largest absolute Gasteiger partial charge is 0.464 e. The van der Waals surface area contributed by atoms with Crippen molar-refractivity contribution < 1.29 is 18.3 Å². The summed E-state index contributed by atoms with van der Waals surface area (Å²) in [5.41, 5.74) is -0.0144. The molecule has 0 amide bonds. The topological polar surface area (TPSA) is 97.8 Å². The molecule has 1 saturated carbocycles. The van der Waals surface area contributed by atoms with E-state index in [4.69, 9.17) is 4.74 Å². The lowest BCUT2D eigenvalue weighted by atomic mass is 9.64. The van der Waals surface area contributed by atoms with Crippen LogP contribution in [0.1, 0.15) is 59.9 Å². The third-order valence-corrected chi connectivity index (χ3v) is 7.25. The Morgan fingerprint density at radius 2 is 1.91 bits per heavy atom. The minimum Gasteiger partial charge on any atom is -0.464 e. The quantitative estimate of drug-likeness (QED) is 0.629. The van der Waals surface area contributed by atoms with Crippen LogP contribution >= 0.6 is 0 Å². The summed E-state index contributed by atoms with van der Waals surface area (Å²) in [6.07, 6.45) is 1.37. The second-order valence-corrected chi connectivity index (χ2v) is 8.83. The first-order valence-corrected chi connectivity index (χ1v) is 10.2. The van der Waals surface area contributed by atoms with Crippen LogP contribution in [0.5, 0.6) is 0 Å². The van der Waals surface area contributed by atoms with E-state index in [0.717, 1.165) is 12.0 Å². The minimum absolute atomic E-state index is 0.00799. The van der Waals surface area contributed by atoms with E-state index in [1.165, 1.54) is 31.4 Å². The van der Waals surface area contributed by atoms with Crippen molar-refractivity contribution in [3.05, 3.63) is 74.8 Å². The molecule has 0 spiro atoms. The number of methoxy groups -OCH3 is 1. The third-order valence-electron chi connectivity index (χ3n) is 7.25. The van der Waals surface area contributed by atoms with Crippen molar-refractivity contribution >= 4 is 5.97 Å². The molecule has 2 heterocycles. The summed E-state index contributed by atoms with van der Waals surface area (Å²) in [6.45, 7) is 4.08. The summed E-state index contributed by atoms with van der Waals surface area (Å²) in [7, 11) is 1.25. The lowest BCUT2D eigenvalue weighted by Crippen LogP contribution is -2.40. The van der Waals surface area contributed by atoms with Gasteiger partial charge in [-0.25, -0.2) is 18.7 Å². The minimum atomic E-state index is -0.822. The maximum atomic E-state index is 14.4. The second kappa shape index (κ2) is 6.75. The van der Waals surface area contributed by atoms with Crippen molar-refractivity contribution in [2.75, 3.05) is 7.11 Å². The van der Waals surface area contributed by atoms with E-state index in [1.807, 2.05) is 13.8 Å². The number of nitrogens with one attached hydrogen (secondary N) is 1. The number of ether oxygens (including phenoxy) is 1. The molecule has 3 aromatic rings. The van der Waals surface area contributed by atoms with Gasteiger partial charge in [0.2, 0.25) is 0 Å². The Morgan fingerprint density at radius 3 is 2.59 bits per heavy atom. The van der Waals surface area contributed by atoms with Gasteiger partial charge in [0.1, 0.15) is 11.6 Å². The molecule has 0 radical (unpaired) electrons. The highest BCUT2D eigenvalue weighted by Gasteiger charge is 2.65. The molecule has 2 aliphatic rings. The van der Waals surface area contributed by atoms with E-state index >= 15 is 0 Å². The number of fused-ring (bicyclic) bond motifs is 5. The van der Waals surface area contributed by atoms with Crippen molar-refractivity contribution in [2.45, 2.75) is 38.0 Å². The maximum Gasteiger partial charge on any atom is 0.358 e. The fourth-order valence-electron chi connectivity index (χ4n) is 5.77. The molecular weight excluding hydrogens is 418 g/mol. The molecule has 32 heavy (non-hydrogen) atoms. The van der Waals surface area contributed by atoms with Crippen LogP contribution in [0.15, 0.2) is 35.1 Å². The summed E-state index contributed by atoms with van der Waals surface area (Å²) in [4.78, 5) is 24.7. The number of aromatic amines is 1.